The Morgan fingerprint density at radius 1 is 1.18 bits per heavy atom. The van der Waals surface area contributed by atoms with Crippen molar-refractivity contribution in [3.05, 3.63) is 34.3 Å². The zero-order valence-electron chi connectivity index (χ0n) is 11.4. The van der Waals surface area contributed by atoms with E-state index in [-0.39, 0.29) is 0 Å². The molecule has 0 amide bonds. The average Bonchev–Trinajstić information content (AvgIpc) is 2.24. The van der Waals surface area contributed by atoms with Gasteiger partial charge in [0.15, 0.2) is 0 Å². The summed E-state index contributed by atoms with van der Waals surface area (Å²) in [6.45, 7) is 7.98. The van der Waals surface area contributed by atoms with Gasteiger partial charge in [-0.05, 0) is 48.9 Å². The monoisotopic (exact) mass is 297 g/mol. The van der Waals surface area contributed by atoms with E-state index in [1.54, 1.807) is 0 Å². The summed E-state index contributed by atoms with van der Waals surface area (Å²) < 4.78 is 1.15. The fourth-order valence-electron chi connectivity index (χ4n) is 1.98. The van der Waals surface area contributed by atoms with E-state index in [1.807, 2.05) is 7.05 Å². The van der Waals surface area contributed by atoms with E-state index in [1.165, 1.54) is 18.4 Å². The molecule has 0 radical (unpaired) electrons. The van der Waals surface area contributed by atoms with Gasteiger partial charge < -0.3 is 5.32 Å². The topological polar surface area (TPSA) is 12.0 Å². The van der Waals surface area contributed by atoms with Gasteiger partial charge in [-0.1, -0.05) is 48.8 Å². The third kappa shape index (κ3) is 5.69. The SMILES string of the molecule is CNCC(CCC(C)(C)C)c1ccc(Br)cc1. The summed E-state index contributed by atoms with van der Waals surface area (Å²) in [7, 11) is 2.03. The third-order valence-electron chi connectivity index (χ3n) is 3.03. The van der Waals surface area contributed by atoms with Crippen molar-refractivity contribution in [2.24, 2.45) is 5.41 Å². The molecule has 1 rings (SSSR count). The molecule has 1 unspecified atom stereocenters. The van der Waals surface area contributed by atoms with E-state index < -0.39 is 0 Å². The molecular formula is C15H24BrN. The van der Waals surface area contributed by atoms with Crippen molar-refractivity contribution in [2.75, 3.05) is 13.6 Å². The molecule has 0 heterocycles. The highest BCUT2D eigenvalue weighted by molar-refractivity contribution is 9.10. The molecule has 0 aromatic heterocycles. The van der Waals surface area contributed by atoms with Crippen LogP contribution in [0.5, 0.6) is 0 Å². The van der Waals surface area contributed by atoms with Crippen LogP contribution in [0.1, 0.15) is 45.1 Å². The van der Waals surface area contributed by atoms with E-state index >= 15 is 0 Å². The van der Waals surface area contributed by atoms with Gasteiger partial charge in [-0.2, -0.15) is 0 Å². The lowest BCUT2D eigenvalue weighted by Crippen LogP contribution is -2.19. The first-order chi connectivity index (χ1) is 7.92. The van der Waals surface area contributed by atoms with Gasteiger partial charge in [0.2, 0.25) is 0 Å². The Balaban J connectivity index is 2.68. The minimum Gasteiger partial charge on any atom is -0.319 e. The predicted octanol–water partition coefficient (Wildman–Crippen LogP) is 4.58. The van der Waals surface area contributed by atoms with Gasteiger partial charge in [-0.25, -0.2) is 0 Å². The molecule has 2 heteroatoms. The van der Waals surface area contributed by atoms with E-state index in [2.05, 4.69) is 66.3 Å². The van der Waals surface area contributed by atoms with Crippen LogP contribution in [0.3, 0.4) is 0 Å². The zero-order chi connectivity index (χ0) is 12.9. The van der Waals surface area contributed by atoms with Crippen molar-refractivity contribution in [1.29, 1.82) is 0 Å². The van der Waals surface area contributed by atoms with Crippen LogP contribution in [0.15, 0.2) is 28.7 Å². The molecular weight excluding hydrogens is 274 g/mol. The second kappa shape index (κ2) is 6.55. The summed E-state index contributed by atoms with van der Waals surface area (Å²) in [5, 5.41) is 3.31. The Morgan fingerprint density at radius 2 is 1.76 bits per heavy atom. The van der Waals surface area contributed by atoms with E-state index in [4.69, 9.17) is 0 Å². The Hall–Kier alpha value is -0.340. The molecule has 0 fully saturated rings. The minimum absolute atomic E-state index is 0.418. The van der Waals surface area contributed by atoms with Gasteiger partial charge in [0, 0.05) is 11.0 Å². The fraction of sp³-hybridized carbons (Fsp3) is 0.600. The quantitative estimate of drug-likeness (QED) is 0.839. The van der Waals surface area contributed by atoms with Crippen molar-refractivity contribution < 1.29 is 0 Å². The van der Waals surface area contributed by atoms with Gasteiger partial charge in [-0.3, -0.25) is 0 Å². The Kier molecular flexibility index (Phi) is 5.68. The van der Waals surface area contributed by atoms with Crippen molar-refractivity contribution in [1.82, 2.24) is 5.32 Å². The molecule has 96 valence electrons. The van der Waals surface area contributed by atoms with Gasteiger partial charge in [0.1, 0.15) is 0 Å². The maximum absolute atomic E-state index is 3.49. The van der Waals surface area contributed by atoms with Crippen LogP contribution in [-0.4, -0.2) is 13.6 Å². The molecule has 0 aliphatic carbocycles. The number of likely N-dealkylation sites (N-methyl/N-ethyl adjacent to an activating group) is 1. The summed E-state index contributed by atoms with van der Waals surface area (Å²) in [4.78, 5) is 0. The number of nitrogens with one attached hydrogen (secondary N) is 1. The second-order valence-electron chi connectivity index (χ2n) is 5.91. The average molecular weight is 298 g/mol. The fourth-order valence-corrected chi connectivity index (χ4v) is 2.24. The van der Waals surface area contributed by atoms with Gasteiger partial charge in [-0.15, -0.1) is 0 Å². The lowest BCUT2D eigenvalue weighted by molar-refractivity contribution is 0.346. The lowest BCUT2D eigenvalue weighted by Gasteiger charge is -2.23. The molecule has 17 heavy (non-hydrogen) atoms. The van der Waals surface area contributed by atoms with Crippen molar-refractivity contribution >= 4 is 15.9 Å². The largest absolute Gasteiger partial charge is 0.319 e. The van der Waals surface area contributed by atoms with E-state index in [0.717, 1.165) is 11.0 Å². The Labute approximate surface area is 114 Å². The maximum atomic E-state index is 3.49. The number of hydrogen-bond acceptors (Lipinski definition) is 1. The highest BCUT2D eigenvalue weighted by Crippen LogP contribution is 2.29. The third-order valence-corrected chi connectivity index (χ3v) is 3.56. The summed E-state index contributed by atoms with van der Waals surface area (Å²) in [5.41, 5.74) is 1.85. The molecule has 1 atom stereocenters. The van der Waals surface area contributed by atoms with Crippen molar-refractivity contribution in [3.8, 4) is 0 Å². The number of hydrogen-bond donors (Lipinski definition) is 1. The van der Waals surface area contributed by atoms with Crippen LogP contribution in [0.2, 0.25) is 0 Å². The van der Waals surface area contributed by atoms with Crippen molar-refractivity contribution in [3.63, 3.8) is 0 Å². The molecule has 0 saturated carbocycles. The number of rotatable bonds is 5. The first-order valence-electron chi connectivity index (χ1n) is 6.32. The highest BCUT2D eigenvalue weighted by atomic mass is 79.9. The van der Waals surface area contributed by atoms with Gasteiger partial charge in [0.05, 0.1) is 0 Å². The molecule has 0 saturated heterocycles. The zero-order valence-corrected chi connectivity index (χ0v) is 13.0. The molecule has 1 aromatic rings. The molecule has 0 bridgehead atoms. The van der Waals surface area contributed by atoms with Gasteiger partial charge >= 0.3 is 0 Å². The Bertz CT molecular complexity index is 324. The standard InChI is InChI=1S/C15H24BrN/c1-15(2,3)10-9-13(11-17-4)12-5-7-14(16)8-6-12/h5-8,13,17H,9-11H2,1-4H3. The van der Waals surface area contributed by atoms with Crippen LogP contribution in [0, 0.1) is 5.41 Å². The molecule has 0 aliphatic rings. The first-order valence-corrected chi connectivity index (χ1v) is 7.12. The summed E-state index contributed by atoms with van der Waals surface area (Å²) in [6.07, 6.45) is 2.50. The smallest absolute Gasteiger partial charge is 0.0175 e. The second-order valence-corrected chi connectivity index (χ2v) is 6.82. The van der Waals surface area contributed by atoms with E-state index in [9.17, 15) is 0 Å². The predicted molar refractivity (Wildman–Crippen MR) is 79.5 cm³/mol. The van der Waals surface area contributed by atoms with Crippen LogP contribution >= 0.6 is 15.9 Å². The van der Waals surface area contributed by atoms with Crippen LogP contribution < -0.4 is 5.32 Å². The van der Waals surface area contributed by atoms with Gasteiger partial charge in [0.25, 0.3) is 0 Å². The normalized spacial score (nSPS) is 13.7. The maximum Gasteiger partial charge on any atom is 0.0175 e. The number of benzene rings is 1. The first kappa shape index (κ1) is 14.7. The molecule has 1 N–H and O–H groups in total. The van der Waals surface area contributed by atoms with Crippen molar-refractivity contribution in [2.45, 2.75) is 39.5 Å². The van der Waals surface area contributed by atoms with Crippen LogP contribution in [0.25, 0.3) is 0 Å². The summed E-state index contributed by atoms with van der Waals surface area (Å²) >= 11 is 3.49. The van der Waals surface area contributed by atoms with Crippen LogP contribution in [0.4, 0.5) is 0 Å². The number of halogens is 1. The molecule has 1 nitrogen and oxygen atoms in total. The molecule has 0 spiro atoms. The highest BCUT2D eigenvalue weighted by Gasteiger charge is 2.16. The molecule has 0 aliphatic heterocycles. The summed E-state index contributed by atoms with van der Waals surface area (Å²) in [6, 6.07) is 8.73. The lowest BCUT2D eigenvalue weighted by atomic mass is 9.84. The summed E-state index contributed by atoms with van der Waals surface area (Å²) in [5.74, 6) is 0.618. The molecule has 1 aromatic carbocycles. The minimum atomic E-state index is 0.418. The Morgan fingerprint density at radius 3 is 2.24 bits per heavy atom. The van der Waals surface area contributed by atoms with E-state index in [0.29, 0.717) is 11.3 Å². The van der Waals surface area contributed by atoms with Crippen LogP contribution in [-0.2, 0) is 0 Å².